The summed E-state index contributed by atoms with van der Waals surface area (Å²) in [5, 5.41) is 4.82. The predicted octanol–water partition coefficient (Wildman–Crippen LogP) is 12.2. The maximum Gasteiger partial charge on any atom is 0.160 e. The molecule has 9 rings (SSSR count). The van der Waals surface area contributed by atoms with Gasteiger partial charge in [0.1, 0.15) is 0 Å². The standard InChI is InChI=1S/C48H34N4/c1-31-25-32(2)50-47(49-31)36-23-21-33(22-24-36)39-27-40(46-42-19-11-9-17-37(42)26-38-18-10-12-20-43(38)46)29-41(28-39)48-51-44(34-13-5-3-6-14-34)30-45(52-48)35-15-7-4-8-16-35/h3-30H,1-2H3. The van der Waals surface area contributed by atoms with Crippen molar-refractivity contribution in [3.63, 3.8) is 0 Å². The van der Waals surface area contributed by atoms with E-state index in [2.05, 4.69) is 152 Å². The van der Waals surface area contributed by atoms with Crippen LogP contribution in [0.4, 0.5) is 0 Å². The summed E-state index contributed by atoms with van der Waals surface area (Å²) in [5.41, 5.74) is 12.2. The third-order valence-corrected chi connectivity index (χ3v) is 9.58. The van der Waals surface area contributed by atoms with Gasteiger partial charge in [0.05, 0.1) is 11.4 Å². The molecule has 2 aromatic heterocycles. The summed E-state index contributed by atoms with van der Waals surface area (Å²) in [6.07, 6.45) is 0. The summed E-state index contributed by atoms with van der Waals surface area (Å²) in [5.74, 6) is 1.41. The molecule has 7 aromatic carbocycles. The van der Waals surface area contributed by atoms with Gasteiger partial charge in [0.2, 0.25) is 0 Å². The molecule has 246 valence electrons. The van der Waals surface area contributed by atoms with Crippen LogP contribution in [0, 0.1) is 13.8 Å². The van der Waals surface area contributed by atoms with E-state index in [1.807, 2.05) is 32.0 Å². The first-order valence-corrected chi connectivity index (χ1v) is 17.6. The molecular formula is C48H34N4. The van der Waals surface area contributed by atoms with Crippen molar-refractivity contribution in [2.75, 3.05) is 0 Å². The molecule has 2 heterocycles. The van der Waals surface area contributed by atoms with Gasteiger partial charge in [0.15, 0.2) is 11.6 Å². The maximum atomic E-state index is 5.24. The van der Waals surface area contributed by atoms with Crippen LogP contribution in [0.1, 0.15) is 11.4 Å². The lowest BCUT2D eigenvalue weighted by Gasteiger charge is -2.16. The maximum absolute atomic E-state index is 5.24. The molecule has 0 aliphatic carbocycles. The molecule has 0 spiro atoms. The Kier molecular flexibility index (Phi) is 7.90. The van der Waals surface area contributed by atoms with Crippen molar-refractivity contribution < 1.29 is 0 Å². The molecule has 0 radical (unpaired) electrons. The minimum absolute atomic E-state index is 0.674. The summed E-state index contributed by atoms with van der Waals surface area (Å²) in [4.78, 5) is 19.9. The van der Waals surface area contributed by atoms with E-state index in [-0.39, 0.29) is 0 Å². The Morgan fingerprint density at radius 2 is 0.769 bits per heavy atom. The fraction of sp³-hybridized carbons (Fsp3) is 0.0417. The third kappa shape index (κ3) is 6.01. The van der Waals surface area contributed by atoms with E-state index >= 15 is 0 Å². The number of hydrogen-bond acceptors (Lipinski definition) is 4. The normalized spacial score (nSPS) is 11.3. The van der Waals surface area contributed by atoms with Crippen LogP contribution < -0.4 is 0 Å². The smallest absolute Gasteiger partial charge is 0.160 e. The molecule has 0 aliphatic rings. The van der Waals surface area contributed by atoms with Crippen molar-refractivity contribution >= 4 is 21.5 Å². The molecule has 0 amide bonds. The zero-order valence-electron chi connectivity index (χ0n) is 29.0. The molecule has 0 saturated heterocycles. The van der Waals surface area contributed by atoms with Crippen LogP contribution in [0.3, 0.4) is 0 Å². The number of benzene rings is 7. The number of hydrogen-bond donors (Lipinski definition) is 0. The van der Waals surface area contributed by atoms with Gasteiger partial charge >= 0.3 is 0 Å². The van der Waals surface area contributed by atoms with E-state index in [1.54, 1.807) is 0 Å². The fourth-order valence-corrected chi connectivity index (χ4v) is 7.15. The van der Waals surface area contributed by atoms with Gasteiger partial charge < -0.3 is 0 Å². The van der Waals surface area contributed by atoms with Crippen LogP contribution in [0.5, 0.6) is 0 Å². The van der Waals surface area contributed by atoms with Crippen molar-refractivity contribution in [2.45, 2.75) is 13.8 Å². The van der Waals surface area contributed by atoms with E-state index in [4.69, 9.17) is 19.9 Å². The zero-order chi connectivity index (χ0) is 35.0. The second kappa shape index (κ2) is 13.2. The molecule has 0 fully saturated rings. The highest BCUT2D eigenvalue weighted by Gasteiger charge is 2.17. The van der Waals surface area contributed by atoms with Crippen LogP contribution in [0.25, 0.3) is 89.1 Å². The highest BCUT2D eigenvalue weighted by Crippen LogP contribution is 2.40. The predicted molar refractivity (Wildman–Crippen MR) is 215 cm³/mol. The summed E-state index contributed by atoms with van der Waals surface area (Å²) >= 11 is 0. The van der Waals surface area contributed by atoms with E-state index in [9.17, 15) is 0 Å². The van der Waals surface area contributed by atoms with Gasteiger partial charge in [0, 0.05) is 33.6 Å². The second-order valence-corrected chi connectivity index (χ2v) is 13.2. The van der Waals surface area contributed by atoms with E-state index in [0.29, 0.717) is 5.82 Å². The van der Waals surface area contributed by atoms with Gasteiger partial charge in [0.25, 0.3) is 0 Å². The van der Waals surface area contributed by atoms with Gasteiger partial charge in [-0.25, -0.2) is 19.9 Å². The highest BCUT2D eigenvalue weighted by molar-refractivity contribution is 6.13. The third-order valence-electron chi connectivity index (χ3n) is 9.58. The highest BCUT2D eigenvalue weighted by atomic mass is 14.9. The molecule has 0 N–H and O–H groups in total. The molecule has 0 aliphatic heterocycles. The number of aromatic nitrogens is 4. The quantitative estimate of drug-likeness (QED) is 0.166. The average Bonchev–Trinajstić information content (AvgIpc) is 3.20. The lowest BCUT2D eigenvalue weighted by atomic mass is 9.89. The second-order valence-electron chi connectivity index (χ2n) is 13.2. The average molecular weight is 667 g/mol. The Morgan fingerprint density at radius 3 is 1.35 bits per heavy atom. The Bertz CT molecular complexity index is 2610. The van der Waals surface area contributed by atoms with Crippen LogP contribution >= 0.6 is 0 Å². The molecule has 4 nitrogen and oxygen atoms in total. The minimum atomic E-state index is 0.674. The van der Waals surface area contributed by atoms with E-state index in [1.165, 1.54) is 27.1 Å². The Labute approximate surface area is 303 Å². The van der Waals surface area contributed by atoms with Crippen molar-refractivity contribution in [1.29, 1.82) is 0 Å². The first kappa shape index (κ1) is 31.2. The number of nitrogens with zero attached hydrogens (tertiary/aromatic N) is 4. The molecular weight excluding hydrogens is 633 g/mol. The largest absolute Gasteiger partial charge is 0.233 e. The van der Waals surface area contributed by atoms with E-state index in [0.717, 1.165) is 67.5 Å². The molecule has 0 bridgehead atoms. The fourth-order valence-electron chi connectivity index (χ4n) is 7.15. The first-order chi connectivity index (χ1) is 25.6. The van der Waals surface area contributed by atoms with Crippen molar-refractivity contribution in [3.8, 4) is 67.5 Å². The topological polar surface area (TPSA) is 51.6 Å². The summed E-state index contributed by atoms with van der Waals surface area (Å²) in [6.45, 7) is 4.02. The Balaban J connectivity index is 1.29. The van der Waals surface area contributed by atoms with Gasteiger partial charge in [-0.3, -0.25) is 0 Å². The SMILES string of the molecule is Cc1cc(C)nc(-c2ccc(-c3cc(-c4nc(-c5ccccc5)cc(-c5ccccc5)n4)cc(-c4c5ccccc5cc5ccccc45)c3)cc2)n1. The Hall–Kier alpha value is -6.78. The van der Waals surface area contributed by atoms with Crippen molar-refractivity contribution in [2.24, 2.45) is 0 Å². The van der Waals surface area contributed by atoms with E-state index < -0.39 is 0 Å². The van der Waals surface area contributed by atoms with Gasteiger partial charge in [-0.2, -0.15) is 0 Å². The van der Waals surface area contributed by atoms with Crippen LogP contribution in [0.2, 0.25) is 0 Å². The monoisotopic (exact) mass is 666 g/mol. The molecule has 0 unspecified atom stereocenters. The van der Waals surface area contributed by atoms with Crippen molar-refractivity contribution in [3.05, 3.63) is 181 Å². The molecule has 0 saturated carbocycles. The molecule has 9 aromatic rings. The first-order valence-electron chi connectivity index (χ1n) is 17.6. The molecule has 52 heavy (non-hydrogen) atoms. The Morgan fingerprint density at radius 1 is 0.308 bits per heavy atom. The van der Waals surface area contributed by atoms with Crippen LogP contribution in [0.15, 0.2) is 170 Å². The van der Waals surface area contributed by atoms with Gasteiger partial charge in [-0.1, -0.05) is 133 Å². The number of fused-ring (bicyclic) bond motifs is 2. The van der Waals surface area contributed by atoms with Gasteiger partial charge in [-0.15, -0.1) is 0 Å². The molecule has 4 heteroatoms. The van der Waals surface area contributed by atoms with Crippen LogP contribution in [-0.2, 0) is 0 Å². The lowest BCUT2D eigenvalue weighted by Crippen LogP contribution is -1.97. The van der Waals surface area contributed by atoms with Crippen LogP contribution in [-0.4, -0.2) is 19.9 Å². The summed E-state index contributed by atoms with van der Waals surface area (Å²) in [7, 11) is 0. The summed E-state index contributed by atoms with van der Waals surface area (Å²) in [6, 6.07) is 59.7. The number of aryl methyl sites for hydroxylation is 2. The lowest BCUT2D eigenvalue weighted by molar-refractivity contribution is 1.06. The summed E-state index contributed by atoms with van der Waals surface area (Å²) < 4.78 is 0. The molecule has 0 atom stereocenters. The van der Waals surface area contributed by atoms with Crippen molar-refractivity contribution in [1.82, 2.24) is 19.9 Å². The minimum Gasteiger partial charge on any atom is -0.233 e. The number of rotatable bonds is 6. The zero-order valence-corrected chi connectivity index (χ0v) is 29.0. The van der Waals surface area contributed by atoms with Gasteiger partial charge in [-0.05, 0) is 94.0 Å².